The number of likely N-dealkylation sites (tertiary alicyclic amines) is 1. The predicted molar refractivity (Wildman–Crippen MR) is 92.1 cm³/mol. The number of hydrogen-bond donors (Lipinski definition) is 1. The zero-order chi connectivity index (χ0) is 17.3. The number of rotatable bonds is 3. The summed E-state index contributed by atoms with van der Waals surface area (Å²) in [5.41, 5.74) is 3.66. The maximum Gasteiger partial charge on any atom is 0.308 e. The van der Waals surface area contributed by atoms with Crippen molar-refractivity contribution >= 4 is 11.9 Å². The standard InChI is InChI=1S/C20H21NO3/c1-13-8-9-16(14(2)10-13)19(22)21-11-17(18(12-21)20(23)24)15-6-4-3-5-7-15/h3-10,17-18H,11-12H2,1-2H3,(H,23,24). The van der Waals surface area contributed by atoms with Crippen molar-refractivity contribution in [2.24, 2.45) is 5.92 Å². The van der Waals surface area contributed by atoms with Gasteiger partial charge in [0.2, 0.25) is 0 Å². The molecule has 1 saturated heterocycles. The number of carboxylic acids is 1. The summed E-state index contributed by atoms with van der Waals surface area (Å²) in [5.74, 6) is -1.67. The van der Waals surface area contributed by atoms with Crippen LogP contribution in [0.1, 0.15) is 33.0 Å². The number of benzene rings is 2. The van der Waals surface area contributed by atoms with E-state index in [0.717, 1.165) is 16.7 Å². The predicted octanol–water partition coefficient (Wildman–Crippen LogP) is 3.24. The first-order valence-corrected chi connectivity index (χ1v) is 8.11. The molecular formula is C20H21NO3. The highest BCUT2D eigenvalue weighted by atomic mass is 16.4. The lowest BCUT2D eigenvalue weighted by Gasteiger charge is -2.18. The van der Waals surface area contributed by atoms with Gasteiger partial charge in [-0.3, -0.25) is 9.59 Å². The van der Waals surface area contributed by atoms with Gasteiger partial charge in [0.05, 0.1) is 5.92 Å². The maximum atomic E-state index is 12.9. The normalized spacial score (nSPS) is 20.2. The van der Waals surface area contributed by atoms with Crippen molar-refractivity contribution < 1.29 is 14.7 Å². The summed E-state index contributed by atoms with van der Waals surface area (Å²) in [5, 5.41) is 9.57. The van der Waals surface area contributed by atoms with Crippen LogP contribution in [-0.4, -0.2) is 35.0 Å². The van der Waals surface area contributed by atoms with Crippen molar-refractivity contribution in [2.45, 2.75) is 19.8 Å². The van der Waals surface area contributed by atoms with E-state index in [0.29, 0.717) is 12.1 Å². The highest BCUT2D eigenvalue weighted by Crippen LogP contribution is 2.34. The van der Waals surface area contributed by atoms with Crippen LogP contribution in [0.3, 0.4) is 0 Å². The third kappa shape index (κ3) is 3.04. The second kappa shape index (κ2) is 6.48. The van der Waals surface area contributed by atoms with E-state index in [1.165, 1.54) is 0 Å². The third-order valence-corrected chi connectivity index (χ3v) is 4.76. The number of hydrogen-bond acceptors (Lipinski definition) is 2. The Morgan fingerprint density at radius 1 is 1.04 bits per heavy atom. The van der Waals surface area contributed by atoms with Gasteiger partial charge < -0.3 is 10.0 Å². The van der Waals surface area contributed by atoms with Crippen LogP contribution in [0.25, 0.3) is 0 Å². The minimum atomic E-state index is -0.847. The van der Waals surface area contributed by atoms with Crippen molar-refractivity contribution in [3.63, 3.8) is 0 Å². The number of carboxylic acid groups (broad SMARTS) is 1. The molecule has 124 valence electrons. The molecule has 1 heterocycles. The molecule has 2 aromatic carbocycles. The van der Waals surface area contributed by atoms with Crippen molar-refractivity contribution in [1.82, 2.24) is 4.90 Å². The van der Waals surface area contributed by atoms with Gasteiger partial charge in [0.15, 0.2) is 0 Å². The fourth-order valence-electron chi connectivity index (χ4n) is 3.48. The van der Waals surface area contributed by atoms with Crippen molar-refractivity contribution in [2.75, 3.05) is 13.1 Å². The number of carbonyl (C=O) groups excluding carboxylic acids is 1. The van der Waals surface area contributed by atoms with E-state index in [2.05, 4.69) is 0 Å². The summed E-state index contributed by atoms with van der Waals surface area (Å²) in [6, 6.07) is 15.3. The summed E-state index contributed by atoms with van der Waals surface area (Å²) < 4.78 is 0. The van der Waals surface area contributed by atoms with Gasteiger partial charge in [-0.1, -0.05) is 48.0 Å². The lowest BCUT2D eigenvalue weighted by Crippen LogP contribution is -2.30. The molecular weight excluding hydrogens is 302 g/mol. The molecule has 2 aromatic rings. The molecule has 3 rings (SSSR count). The molecule has 1 N–H and O–H groups in total. The lowest BCUT2D eigenvalue weighted by atomic mass is 9.89. The Balaban J connectivity index is 1.87. The Morgan fingerprint density at radius 3 is 2.38 bits per heavy atom. The number of amides is 1. The van der Waals surface area contributed by atoms with Crippen LogP contribution in [0.4, 0.5) is 0 Å². The Hall–Kier alpha value is -2.62. The molecule has 2 unspecified atom stereocenters. The summed E-state index contributed by atoms with van der Waals surface area (Å²) >= 11 is 0. The second-order valence-corrected chi connectivity index (χ2v) is 6.49. The highest BCUT2D eigenvalue weighted by Gasteiger charge is 2.40. The largest absolute Gasteiger partial charge is 0.481 e. The molecule has 2 atom stereocenters. The zero-order valence-electron chi connectivity index (χ0n) is 13.9. The summed E-state index contributed by atoms with van der Waals surface area (Å²) in [6.45, 7) is 4.59. The van der Waals surface area contributed by atoms with Gasteiger partial charge in [0.1, 0.15) is 0 Å². The average molecular weight is 323 g/mol. The summed E-state index contributed by atoms with van der Waals surface area (Å²) in [4.78, 5) is 26.2. The number of aryl methyl sites for hydroxylation is 2. The van der Waals surface area contributed by atoms with E-state index < -0.39 is 11.9 Å². The van der Waals surface area contributed by atoms with Crippen LogP contribution in [-0.2, 0) is 4.79 Å². The molecule has 0 saturated carbocycles. The minimum Gasteiger partial charge on any atom is -0.481 e. The van der Waals surface area contributed by atoms with Gasteiger partial charge in [-0.2, -0.15) is 0 Å². The Labute approximate surface area is 141 Å². The first-order valence-electron chi connectivity index (χ1n) is 8.11. The van der Waals surface area contributed by atoms with E-state index in [4.69, 9.17) is 0 Å². The van der Waals surface area contributed by atoms with Crippen LogP contribution >= 0.6 is 0 Å². The maximum absolute atomic E-state index is 12.9. The molecule has 0 bridgehead atoms. The third-order valence-electron chi connectivity index (χ3n) is 4.76. The SMILES string of the molecule is Cc1ccc(C(=O)N2CC(C(=O)O)C(c3ccccc3)C2)c(C)c1. The van der Waals surface area contributed by atoms with Crippen LogP contribution in [0, 0.1) is 19.8 Å². The molecule has 1 fully saturated rings. The Kier molecular flexibility index (Phi) is 4.38. The fourth-order valence-corrected chi connectivity index (χ4v) is 3.48. The van der Waals surface area contributed by atoms with E-state index in [1.807, 2.05) is 62.4 Å². The molecule has 1 aliphatic heterocycles. The van der Waals surface area contributed by atoms with E-state index in [9.17, 15) is 14.7 Å². The Morgan fingerprint density at radius 2 is 1.75 bits per heavy atom. The van der Waals surface area contributed by atoms with Gasteiger partial charge in [0.25, 0.3) is 5.91 Å². The first kappa shape index (κ1) is 16.2. The van der Waals surface area contributed by atoms with Gasteiger partial charge in [0, 0.05) is 24.6 Å². The van der Waals surface area contributed by atoms with E-state index in [-0.39, 0.29) is 18.4 Å². The molecule has 1 amide bonds. The van der Waals surface area contributed by atoms with Gasteiger partial charge in [-0.05, 0) is 31.0 Å². The lowest BCUT2D eigenvalue weighted by molar-refractivity contribution is -0.141. The monoisotopic (exact) mass is 323 g/mol. The zero-order valence-corrected chi connectivity index (χ0v) is 13.9. The molecule has 4 heteroatoms. The Bertz CT molecular complexity index is 770. The van der Waals surface area contributed by atoms with Crippen LogP contribution in [0.15, 0.2) is 48.5 Å². The average Bonchev–Trinajstić information content (AvgIpc) is 3.01. The van der Waals surface area contributed by atoms with Crippen molar-refractivity contribution in [3.05, 3.63) is 70.8 Å². The smallest absolute Gasteiger partial charge is 0.308 e. The quantitative estimate of drug-likeness (QED) is 0.943. The molecule has 24 heavy (non-hydrogen) atoms. The van der Waals surface area contributed by atoms with Crippen LogP contribution < -0.4 is 0 Å². The van der Waals surface area contributed by atoms with Gasteiger partial charge in [-0.25, -0.2) is 0 Å². The minimum absolute atomic E-state index is 0.0859. The van der Waals surface area contributed by atoms with Crippen molar-refractivity contribution in [1.29, 1.82) is 0 Å². The topological polar surface area (TPSA) is 57.6 Å². The van der Waals surface area contributed by atoms with Gasteiger partial charge >= 0.3 is 5.97 Å². The van der Waals surface area contributed by atoms with E-state index in [1.54, 1.807) is 4.90 Å². The fraction of sp³-hybridized carbons (Fsp3) is 0.300. The molecule has 1 aliphatic rings. The van der Waals surface area contributed by atoms with Crippen molar-refractivity contribution in [3.8, 4) is 0 Å². The second-order valence-electron chi connectivity index (χ2n) is 6.49. The molecule has 0 radical (unpaired) electrons. The summed E-state index contributed by atoms with van der Waals surface area (Å²) in [6.07, 6.45) is 0. The van der Waals surface area contributed by atoms with Gasteiger partial charge in [-0.15, -0.1) is 0 Å². The summed E-state index contributed by atoms with van der Waals surface area (Å²) in [7, 11) is 0. The molecule has 0 spiro atoms. The molecule has 4 nitrogen and oxygen atoms in total. The highest BCUT2D eigenvalue weighted by molar-refractivity contribution is 5.96. The van der Waals surface area contributed by atoms with Crippen LogP contribution in [0.2, 0.25) is 0 Å². The molecule has 0 aliphatic carbocycles. The first-order chi connectivity index (χ1) is 11.5. The number of aliphatic carboxylic acids is 1. The van der Waals surface area contributed by atoms with Crippen LogP contribution in [0.5, 0.6) is 0 Å². The number of nitrogens with zero attached hydrogens (tertiary/aromatic N) is 1. The number of carbonyl (C=O) groups is 2. The van der Waals surface area contributed by atoms with E-state index >= 15 is 0 Å². The molecule has 0 aromatic heterocycles.